The first-order chi connectivity index (χ1) is 12.9. The molecule has 2 heterocycles. The van der Waals surface area contributed by atoms with E-state index in [0.29, 0.717) is 35.2 Å². The number of aromatic amines is 1. The van der Waals surface area contributed by atoms with Gasteiger partial charge in [0, 0.05) is 11.1 Å². The summed E-state index contributed by atoms with van der Waals surface area (Å²) in [6.07, 6.45) is 4.04. The summed E-state index contributed by atoms with van der Waals surface area (Å²) >= 11 is 0. The molecule has 0 spiro atoms. The van der Waals surface area contributed by atoms with Gasteiger partial charge in [0.15, 0.2) is 9.84 Å². The Morgan fingerprint density at radius 3 is 2.70 bits per heavy atom. The van der Waals surface area contributed by atoms with Crippen molar-refractivity contribution in [3.8, 4) is 16.9 Å². The number of rotatable bonds is 6. The third-order valence-corrected chi connectivity index (χ3v) is 6.78. The Balaban J connectivity index is 1.92. The molecule has 2 aromatic heterocycles. The van der Waals surface area contributed by atoms with Crippen LogP contribution in [0.2, 0.25) is 0 Å². The van der Waals surface area contributed by atoms with Crippen LogP contribution in [0.4, 0.5) is 0 Å². The molecule has 0 radical (unpaired) electrons. The highest BCUT2D eigenvalue weighted by molar-refractivity contribution is 7.91. The molecule has 0 amide bonds. The molecule has 1 N–H and O–H groups in total. The molecule has 1 fully saturated rings. The Hall–Kier alpha value is -2.54. The lowest BCUT2D eigenvalue weighted by Crippen LogP contribution is -2.31. The molecule has 0 unspecified atom stereocenters. The van der Waals surface area contributed by atoms with Crippen LogP contribution in [-0.2, 0) is 9.84 Å². The number of aromatic nitrogens is 2. The van der Waals surface area contributed by atoms with Crippen LogP contribution in [0.5, 0.6) is 5.75 Å². The van der Waals surface area contributed by atoms with Crippen LogP contribution >= 0.6 is 0 Å². The zero-order chi connectivity index (χ0) is 19.2. The van der Waals surface area contributed by atoms with Crippen molar-refractivity contribution in [3.05, 3.63) is 47.4 Å². The third-order valence-electron chi connectivity index (χ3n) is 5.04. The summed E-state index contributed by atoms with van der Waals surface area (Å²) < 4.78 is 31.7. The van der Waals surface area contributed by atoms with Crippen LogP contribution in [0, 0.1) is 18.0 Å². The summed E-state index contributed by atoms with van der Waals surface area (Å²) in [5.74, 6) is 1.25. The first kappa shape index (κ1) is 17.9. The summed E-state index contributed by atoms with van der Waals surface area (Å²) in [7, 11) is -3.35. The molecule has 0 aliphatic heterocycles. The minimum Gasteiger partial charge on any atom is -0.710 e. The van der Waals surface area contributed by atoms with E-state index in [0.717, 1.165) is 15.7 Å². The lowest BCUT2D eigenvalue weighted by molar-refractivity contribution is -0.586. The smallest absolute Gasteiger partial charge is 0.290 e. The van der Waals surface area contributed by atoms with E-state index in [-0.39, 0.29) is 10.6 Å². The number of nitrogens with one attached hydrogen (secondary N) is 1. The summed E-state index contributed by atoms with van der Waals surface area (Å²) in [5.41, 5.74) is 2.45. The lowest BCUT2D eigenvalue weighted by Gasteiger charge is -2.16. The third kappa shape index (κ3) is 3.27. The predicted molar refractivity (Wildman–Crippen MR) is 103 cm³/mol. The summed E-state index contributed by atoms with van der Waals surface area (Å²) in [4.78, 5) is 3.23. The van der Waals surface area contributed by atoms with Gasteiger partial charge in [0.25, 0.3) is 5.65 Å². The molecule has 0 atom stereocenters. The van der Waals surface area contributed by atoms with Crippen LogP contribution in [0.1, 0.15) is 25.5 Å². The van der Waals surface area contributed by atoms with E-state index in [2.05, 4.69) is 4.98 Å². The average molecular weight is 386 g/mol. The Morgan fingerprint density at radius 1 is 1.22 bits per heavy atom. The van der Waals surface area contributed by atoms with E-state index in [9.17, 15) is 13.6 Å². The highest BCUT2D eigenvalue weighted by atomic mass is 32.2. The van der Waals surface area contributed by atoms with Crippen LogP contribution in [0.3, 0.4) is 0 Å². The maximum absolute atomic E-state index is 12.4. The molecule has 142 valence electrons. The Labute approximate surface area is 158 Å². The van der Waals surface area contributed by atoms with E-state index >= 15 is 0 Å². The molecule has 3 aromatic rings. The average Bonchev–Trinajstić information content (AvgIpc) is 3.36. The van der Waals surface area contributed by atoms with Gasteiger partial charge in [-0.15, -0.1) is 0 Å². The molecule has 4 rings (SSSR count). The Bertz CT molecular complexity index is 1110. The number of ether oxygens (including phenoxy) is 1. The van der Waals surface area contributed by atoms with Gasteiger partial charge >= 0.3 is 0 Å². The molecule has 7 heteroatoms. The van der Waals surface area contributed by atoms with Crippen molar-refractivity contribution in [2.75, 3.05) is 12.4 Å². The fourth-order valence-electron chi connectivity index (χ4n) is 3.19. The van der Waals surface area contributed by atoms with Crippen molar-refractivity contribution in [2.45, 2.75) is 31.6 Å². The molecule has 1 saturated carbocycles. The number of aryl methyl sites for hydroxylation is 1. The number of hydrogen-bond donors (Lipinski definition) is 1. The van der Waals surface area contributed by atoms with E-state index in [1.54, 1.807) is 44.3 Å². The lowest BCUT2D eigenvalue weighted by atomic mass is 10.0. The van der Waals surface area contributed by atoms with Gasteiger partial charge in [0.05, 0.1) is 28.8 Å². The van der Waals surface area contributed by atoms with E-state index in [1.807, 2.05) is 6.07 Å². The fraction of sp³-hybridized carbons (Fsp3) is 0.350. The van der Waals surface area contributed by atoms with Crippen molar-refractivity contribution in [2.24, 2.45) is 5.92 Å². The van der Waals surface area contributed by atoms with E-state index < -0.39 is 9.84 Å². The minimum absolute atomic E-state index is 0.0304. The molecule has 0 bridgehead atoms. The minimum atomic E-state index is -3.35. The van der Waals surface area contributed by atoms with Crippen LogP contribution < -0.4 is 9.47 Å². The number of benzene rings is 1. The largest absolute Gasteiger partial charge is 0.710 e. The van der Waals surface area contributed by atoms with Gasteiger partial charge in [-0.3, -0.25) is 0 Å². The van der Waals surface area contributed by atoms with Crippen LogP contribution in [-0.4, -0.2) is 25.8 Å². The standard InChI is InChI=1S/C20H22N2O4S/c1-3-27(24,25)15-6-7-19(26-12-14-4-5-14)18(11-15)17-10-13(2)22(23)20-16(17)8-9-21-20/h6-11,14,21H,3-5,12H2,1-2H3. The van der Waals surface area contributed by atoms with Crippen LogP contribution in [0.15, 0.2) is 41.4 Å². The highest BCUT2D eigenvalue weighted by Gasteiger charge is 2.24. The molecular weight excluding hydrogens is 364 g/mol. The van der Waals surface area contributed by atoms with Gasteiger partial charge in [0.1, 0.15) is 11.4 Å². The van der Waals surface area contributed by atoms with Crippen molar-refractivity contribution in [1.29, 1.82) is 0 Å². The fourth-order valence-corrected chi connectivity index (χ4v) is 4.09. The topological polar surface area (TPSA) is 86.1 Å². The molecule has 1 aliphatic carbocycles. The summed E-state index contributed by atoms with van der Waals surface area (Å²) in [6.45, 7) is 3.98. The molecule has 6 nitrogen and oxygen atoms in total. The number of fused-ring (bicyclic) bond motifs is 1. The number of H-pyrrole nitrogens is 1. The second kappa shape index (κ2) is 6.56. The molecular formula is C20H22N2O4S. The van der Waals surface area contributed by atoms with Gasteiger partial charge in [-0.05, 0) is 56.0 Å². The molecule has 27 heavy (non-hydrogen) atoms. The SMILES string of the molecule is CCS(=O)(=O)c1ccc(OCC2CC2)c(-c2cc(C)[n+]([O-])c3[nH]ccc23)c1. The number of hydrogen-bond acceptors (Lipinski definition) is 4. The molecule has 0 saturated heterocycles. The van der Waals surface area contributed by atoms with E-state index in [4.69, 9.17) is 4.74 Å². The van der Waals surface area contributed by atoms with Crippen molar-refractivity contribution in [1.82, 2.24) is 4.98 Å². The van der Waals surface area contributed by atoms with Crippen molar-refractivity contribution >= 4 is 20.9 Å². The highest BCUT2D eigenvalue weighted by Crippen LogP contribution is 2.38. The van der Waals surface area contributed by atoms with Crippen molar-refractivity contribution in [3.63, 3.8) is 0 Å². The first-order valence-corrected chi connectivity index (χ1v) is 10.8. The predicted octanol–water partition coefficient (Wildman–Crippen LogP) is 3.36. The van der Waals surface area contributed by atoms with Crippen molar-refractivity contribution < 1.29 is 17.9 Å². The Kier molecular flexibility index (Phi) is 4.34. The van der Waals surface area contributed by atoms with Crippen LogP contribution in [0.25, 0.3) is 22.2 Å². The zero-order valence-electron chi connectivity index (χ0n) is 15.4. The maximum atomic E-state index is 12.4. The van der Waals surface area contributed by atoms with Gasteiger partial charge in [-0.25, -0.2) is 18.1 Å². The second-order valence-corrected chi connectivity index (χ2v) is 9.33. The maximum Gasteiger partial charge on any atom is 0.290 e. The summed E-state index contributed by atoms with van der Waals surface area (Å²) in [6, 6.07) is 8.60. The number of nitrogens with zero attached hydrogens (tertiary/aromatic N) is 1. The second-order valence-electron chi connectivity index (χ2n) is 7.05. The number of pyridine rings is 1. The molecule has 1 aliphatic rings. The zero-order valence-corrected chi connectivity index (χ0v) is 16.2. The van der Waals surface area contributed by atoms with Gasteiger partial charge in [0.2, 0.25) is 0 Å². The normalized spacial score (nSPS) is 14.6. The quantitative estimate of drug-likeness (QED) is 0.520. The van der Waals surface area contributed by atoms with E-state index in [1.165, 1.54) is 12.8 Å². The molecule has 1 aromatic carbocycles. The summed E-state index contributed by atoms with van der Waals surface area (Å²) in [5, 5.41) is 13.0. The first-order valence-electron chi connectivity index (χ1n) is 9.11. The Morgan fingerprint density at radius 2 is 2.00 bits per heavy atom. The van der Waals surface area contributed by atoms with Gasteiger partial charge in [-0.1, -0.05) is 6.92 Å². The van der Waals surface area contributed by atoms with Gasteiger partial charge < -0.3 is 9.94 Å². The number of sulfone groups is 1. The van der Waals surface area contributed by atoms with Gasteiger partial charge in [-0.2, -0.15) is 0 Å². The monoisotopic (exact) mass is 386 g/mol.